The zero-order valence-electron chi connectivity index (χ0n) is 17.3. The molecule has 3 aromatic rings. The van der Waals surface area contributed by atoms with E-state index in [2.05, 4.69) is 20.6 Å². The molecule has 0 saturated carbocycles. The van der Waals surface area contributed by atoms with E-state index in [1.54, 1.807) is 43.7 Å². The molecule has 0 aliphatic carbocycles. The summed E-state index contributed by atoms with van der Waals surface area (Å²) in [5, 5.41) is 5.26. The molecule has 0 fully saturated rings. The van der Waals surface area contributed by atoms with Gasteiger partial charge >= 0.3 is 0 Å². The number of nitrogens with one attached hydrogen (secondary N) is 2. The molecule has 2 N–H and O–H groups in total. The lowest BCUT2D eigenvalue weighted by Crippen LogP contribution is -2.52. The lowest BCUT2D eigenvalue weighted by molar-refractivity contribution is -0.125. The van der Waals surface area contributed by atoms with Crippen LogP contribution in [0.4, 0.5) is 11.4 Å². The minimum absolute atomic E-state index is 0.201. The first-order chi connectivity index (χ1) is 15.4. The summed E-state index contributed by atoms with van der Waals surface area (Å²) in [5.74, 6) is -1.01. The number of pyridine rings is 1. The topological polar surface area (TPSA) is 126 Å². The second kappa shape index (κ2) is 8.79. The quantitative estimate of drug-likeness (QED) is 0.550. The fourth-order valence-electron chi connectivity index (χ4n) is 3.50. The van der Waals surface area contributed by atoms with E-state index in [-0.39, 0.29) is 17.1 Å². The SMILES string of the molecule is Cn1cnc(S(=O)(=O)N2c3ccccc3NC(=O)C2CC(=O)NCCc2ccncc2)c1. The maximum Gasteiger partial charge on any atom is 0.284 e. The largest absolute Gasteiger partial charge is 0.356 e. The Bertz CT molecular complexity index is 1240. The molecule has 0 saturated heterocycles. The highest BCUT2D eigenvalue weighted by Gasteiger charge is 2.42. The summed E-state index contributed by atoms with van der Waals surface area (Å²) in [4.78, 5) is 33.4. The second-order valence-corrected chi connectivity index (χ2v) is 9.12. The number of anilines is 2. The molecule has 32 heavy (non-hydrogen) atoms. The summed E-state index contributed by atoms with van der Waals surface area (Å²) in [6, 6.07) is 9.00. The molecule has 0 spiro atoms. The molecular formula is C21H22N6O4S. The van der Waals surface area contributed by atoms with Crippen molar-refractivity contribution < 1.29 is 18.0 Å². The number of sulfonamides is 1. The predicted molar refractivity (Wildman–Crippen MR) is 117 cm³/mol. The van der Waals surface area contributed by atoms with Crippen LogP contribution >= 0.6 is 0 Å². The van der Waals surface area contributed by atoms with Gasteiger partial charge in [-0.1, -0.05) is 12.1 Å². The first-order valence-electron chi connectivity index (χ1n) is 9.94. The minimum atomic E-state index is -4.19. The molecule has 2 amide bonds. The van der Waals surface area contributed by atoms with Crippen molar-refractivity contribution in [3.8, 4) is 0 Å². The van der Waals surface area contributed by atoms with Gasteiger partial charge in [-0.15, -0.1) is 0 Å². The second-order valence-electron chi connectivity index (χ2n) is 7.36. The normalized spacial score (nSPS) is 15.7. The molecule has 1 unspecified atom stereocenters. The number of benzene rings is 1. The Morgan fingerprint density at radius 3 is 2.66 bits per heavy atom. The third kappa shape index (κ3) is 4.33. The summed E-state index contributed by atoms with van der Waals surface area (Å²) in [6.45, 7) is 0.348. The summed E-state index contributed by atoms with van der Waals surface area (Å²) < 4.78 is 29.4. The van der Waals surface area contributed by atoms with E-state index < -0.39 is 27.9 Å². The summed E-state index contributed by atoms with van der Waals surface area (Å²) >= 11 is 0. The maximum atomic E-state index is 13.4. The van der Waals surface area contributed by atoms with Gasteiger partial charge in [-0.05, 0) is 36.2 Å². The number of fused-ring (bicyclic) bond motifs is 1. The van der Waals surface area contributed by atoms with E-state index in [1.807, 2.05) is 12.1 Å². The number of hydrogen-bond donors (Lipinski definition) is 2. The van der Waals surface area contributed by atoms with Crippen LogP contribution in [0.5, 0.6) is 0 Å². The zero-order chi connectivity index (χ0) is 22.7. The number of para-hydroxylation sites is 2. The molecular weight excluding hydrogens is 432 g/mol. The molecule has 1 aliphatic heterocycles. The molecule has 0 radical (unpaired) electrons. The van der Waals surface area contributed by atoms with E-state index in [4.69, 9.17) is 0 Å². The highest BCUT2D eigenvalue weighted by atomic mass is 32.2. The van der Waals surface area contributed by atoms with Crippen molar-refractivity contribution >= 4 is 33.2 Å². The van der Waals surface area contributed by atoms with Gasteiger partial charge in [0.1, 0.15) is 6.04 Å². The van der Waals surface area contributed by atoms with Gasteiger partial charge in [0, 0.05) is 32.2 Å². The van der Waals surface area contributed by atoms with Gasteiger partial charge in [-0.3, -0.25) is 14.6 Å². The monoisotopic (exact) mass is 454 g/mol. The highest BCUT2D eigenvalue weighted by Crippen LogP contribution is 2.36. The number of amides is 2. The number of imidazole rings is 1. The Hall–Kier alpha value is -3.73. The van der Waals surface area contributed by atoms with Crippen molar-refractivity contribution in [1.29, 1.82) is 0 Å². The molecule has 3 heterocycles. The van der Waals surface area contributed by atoms with Crippen LogP contribution in [0.15, 0.2) is 66.3 Å². The Kier molecular flexibility index (Phi) is 5.91. The van der Waals surface area contributed by atoms with E-state index in [0.29, 0.717) is 18.7 Å². The average Bonchev–Trinajstić information content (AvgIpc) is 3.22. The third-order valence-corrected chi connectivity index (χ3v) is 6.76. The Labute approximate surface area is 185 Å². The van der Waals surface area contributed by atoms with Crippen LogP contribution in [0.3, 0.4) is 0 Å². The summed E-state index contributed by atoms with van der Waals surface area (Å²) in [5.41, 5.74) is 1.64. The van der Waals surface area contributed by atoms with Crippen LogP contribution in [0.1, 0.15) is 12.0 Å². The highest BCUT2D eigenvalue weighted by molar-refractivity contribution is 7.92. The van der Waals surface area contributed by atoms with Gasteiger partial charge in [-0.2, -0.15) is 8.42 Å². The first kappa shape index (κ1) is 21.5. The number of rotatable bonds is 7. The van der Waals surface area contributed by atoms with Crippen molar-refractivity contribution in [3.05, 3.63) is 66.9 Å². The standard InChI is InChI=1S/C21H22N6O4S/c1-26-13-20(24-14-26)32(30,31)27-17-5-3-2-4-16(17)25-21(29)18(27)12-19(28)23-11-8-15-6-9-22-10-7-15/h2-7,9-10,13-14,18H,8,11-12H2,1H3,(H,23,28)(H,25,29). The lowest BCUT2D eigenvalue weighted by Gasteiger charge is -2.36. The molecule has 1 atom stereocenters. The van der Waals surface area contributed by atoms with Crippen LogP contribution in [0, 0.1) is 0 Å². The Morgan fingerprint density at radius 2 is 1.94 bits per heavy atom. The van der Waals surface area contributed by atoms with Gasteiger partial charge in [0.2, 0.25) is 11.8 Å². The van der Waals surface area contributed by atoms with E-state index in [9.17, 15) is 18.0 Å². The molecule has 10 nitrogen and oxygen atoms in total. The minimum Gasteiger partial charge on any atom is -0.356 e. The number of aryl methyl sites for hydroxylation is 1. The molecule has 2 aromatic heterocycles. The fourth-order valence-corrected chi connectivity index (χ4v) is 5.11. The van der Waals surface area contributed by atoms with Crippen molar-refractivity contribution in [3.63, 3.8) is 0 Å². The van der Waals surface area contributed by atoms with Crippen LogP contribution in [0.25, 0.3) is 0 Å². The number of carbonyl (C=O) groups is 2. The van der Waals surface area contributed by atoms with Gasteiger partial charge in [-0.25, -0.2) is 9.29 Å². The number of hydrogen-bond acceptors (Lipinski definition) is 6. The Balaban J connectivity index is 1.58. The van der Waals surface area contributed by atoms with Crippen LogP contribution in [-0.2, 0) is 33.1 Å². The molecule has 1 aliphatic rings. The zero-order valence-corrected chi connectivity index (χ0v) is 18.1. The van der Waals surface area contributed by atoms with Crippen LogP contribution in [-0.4, -0.2) is 47.4 Å². The molecule has 11 heteroatoms. The van der Waals surface area contributed by atoms with Crippen molar-refractivity contribution in [1.82, 2.24) is 19.9 Å². The van der Waals surface area contributed by atoms with E-state index in [0.717, 1.165) is 9.87 Å². The first-order valence-corrected chi connectivity index (χ1v) is 11.4. The molecule has 0 bridgehead atoms. The van der Waals surface area contributed by atoms with Gasteiger partial charge in [0.25, 0.3) is 10.0 Å². The van der Waals surface area contributed by atoms with Gasteiger partial charge < -0.3 is 15.2 Å². The fraction of sp³-hybridized carbons (Fsp3) is 0.238. The van der Waals surface area contributed by atoms with E-state index in [1.165, 1.54) is 17.1 Å². The predicted octanol–water partition coefficient (Wildman–Crippen LogP) is 1.08. The number of nitrogens with zero attached hydrogens (tertiary/aromatic N) is 4. The number of aromatic nitrogens is 3. The smallest absolute Gasteiger partial charge is 0.284 e. The van der Waals surface area contributed by atoms with Crippen LogP contribution < -0.4 is 14.9 Å². The van der Waals surface area contributed by atoms with Crippen molar-refractivity contribution in [2.45, 2.75) is 23.9 Å². The maximum absolute atomic E-state index is 13.4. The van der Waals surface area contributed by atoms with Crippen molar-refractivity contribution in [2.24, 2.45) is 7.05 Å². The third-order valence-electron chi connectivity index (χ3n) is 5.05. The Morgan fingerprint density at radius 1 is 1.19 bits per heavy atom. The van der Waals surface area contributed by atoms with E-state index >= 15 is 0 Å². The molecule has 4 rings (SSSR count). The van der Waals surface area contributed by atoms with Gasteiger partial charge in [0.05, 0.1) is 24.1 Å². The van der Waals surface area contributed by atoms with Crippen molar-refractivity contribution in [2.75, 3.05) is 16.2 Å². The number of carbonyl (C=O) groups excluding carboxylic acids is 2. The van der Waals surface area contributed by atoms with Crippen LogP contribution in [0.2, 0.25) is 0 Å². The molecule has 1 aromatic carbocycles. The lowest BCUT2D eigenvalue weighted by atomic mass is 10.1. The average molecular weight is 455 g/mol. The van der Waals surface area contributed by atoms with Gasteiger partial charge in [0.15, 0.2) is 5.03 Å². The summed E-state index contributed by atoms with van der Waals surface area (Å²) in [6.07, 6.45) is 6.31. The summed E-state index contributed by atoms with van der Waals surface area (Å²) in [7, 11) is -2.54. The molecule has 166 valence electrons.